The molecule has 1 aliphatic rings. The van der Waals surface area contributed by atoms with E-state index < -0.39 is 0 Å². The number of benzene rings is 1. The van der Waals surface area contributed by atoms with Crippen molar-refractivity contribution in [1.82, 2.24) is 20.1 Å². The summed E-state index contributed by atoms with van der Waals surface area (Å²) >= 11 is 0. The summed E-state index contributed by atoms with van der Waals surface area (Å²) < 4.78 is 16.7. The number of rotatable bonds is 9. The van der Waals surface area contributed by atoms with Crippen LogP contribution in [-0.4, -0.2) is 44.8 Å². The first-order valence-electron chi connectivity index (χ1n) is 11.7. The van der Waals surface area contributed by atoms with Crippen molar-refractivity contribution >= 4 is 11.6 Å². The van der Waals surface area contributed by atoms with E-state index in [0.29, 0.717) is 42.8 Å². The van der Waals surface area contributed by atoms with Gasteiger partial charge in [-0.3, -0.25) is 9.69 Å². The Kier molecular flexibility index (Phi) is 6.58. The van der Waals surface area contributed by atoms with Crippen LogP contribution in [0.15, 0.2) is 79.4 Å². The Morgan fingerprint density at radius 3 is 2.60 bits per heavy atom. The largest absolute Gasteiger partial charge is 0.467 e. The van der Waals surface area contributed by atoms with E-state index in [1.807, 2.05) is 36.1 Å². The van der Waals surface area contributed by atoms with Crippen molar-refractivity contribution in [3.63, 3.8) is 0 Å². The van der Waals surface area contributed by atoms with Crippen molar-refractivity contribution in [3.8, 4) is 11.7 Å². The second kappa shape index (κ2) is 10.1. The number of hydrogen-bond donors (Lipinski definition) is 0. The van der Waals surface area contributed by atoms with Crippen LogP contribution in [0.3, 0.4) is 0 Å². The minimum atomic E-state index is -0.286. The summed E-state index contributed by atoms with van der Waals surface area (Å²) in [5.74, 6) is 1.85. The van der Waals surface area contributed by atoms with Crippen LogP contribution in [0.4, 0.5) is 0 Å². The molecule has 5 rings (SSSR count). The second-order valence-electron chi connectivity index (χ2n) is 8.58. The molecule has 0 saturated heterocycles. The summed E-state index contributed by atoms with van der Waals surface area (Å²) in [6.07, 6.45) is 4.63. The third-order valence-electron chi connectivity index (χ3n) is 5.88. The van der Waals surface area contributed by atoms with Crippen molar-refractivity contribution in [2.45, 2.75) is 39.3 Å². The van der Waals surface area contributed by atoms with Crippen molar-refractivity contribution in [1.29, 1.82) is 0 Å². The van der Waals surface area contributed by atoms with Gasteiger partial charge in [0.05, 0.1) is 31.3 Å². The van der Waals surface area contributed by atoms with E-state index in [0.717, 1.165) is 17.7 Å². The number of nitrogens with zero attached hydrogens (tertiary/aromatic N) is 5. The molecular formula is C26H27N5O4. The number of aromatic nitrogens is 2. The van der Waals surface area contributed by atoms with Crippen LogP contribution in [0.2, 0.25) is 0 Å². The molecule has 1 aromatic carbocycles. The van der Waals surface area contributed by atoms with E-state index in [9.17, 15) is 4.79 Å². The van der Waals surface area contributed by atoms with Crippen molar-refractivity contribution < 1.29 is 18.0 Å². The Morgan fingerprint density at radius 1 is 1.09 bits per heavy atom. The standard InChI is InChI=1S/C26H27N5O4/c1-3-12-30(16-24-27-28-26(35-24)23-7-5-14-34-23)17-25(32)31-21(22-6-4-13-33-22)15-20(29-31)19-10-8-18(2)9-11-19/h4-11,13-14,21H,3,12,15-17H2,1-2H3/t21-/m1/s1. The maximum atomic E-state index is 13.5. The van der Waals surface area contributed by atoms with E-state index in [4.69, 9.17) is 18.4 Å². The maximum absolute atomic E-state index is 13.5. The topological polar surface area (TPSA) is 101 Å². The molecule has 180 valence electrons. The van der Waals surface area contributed by atoms with Gasteiger partial charge in [0.1, 0.15) is 11.8 Å². The number of furan rings is 2. The van der Waals surface area contributed by atoms with Crippen LogP contribution in [0.25, 0.3) is 11.7 Å². The normalized spacial score (nSPS) is 15.7. The van der Waals surface area contributed by atoms with Gasteiger partial charge in [-0.15, -0.1) is 10.2 Å². The molecule has 9 nitrogen and oxygen atoms in total. The summed E-state index contributed by atoms with van der Waals surface area (Å²) in [6, 6.07) is 15.1. The Bertz CT molecular complexity index is 1280. The summed E-state index contributed by atoms with van der Waals surface area (Å²) in [5, 5.41) is 14.5. The molecule has 1 aliphatic heterocycles. The van der Waals surface area contributed by atoms with Crippen LogP contribution in [0, 0.1) is 6.92 Å². The van der Waals surface area contributed by atoms with Crippen LogP contribution in [0.1, 0.15) is 48.6 Å². The van der Waals surface area contributed by atoms with Gasteiger partial charge < -0.3 is 13.3 Å². The number of hydrogen-bond acceptors (Lipinski definition) is 8. The maximum Gasteiger partial charge on any atom is 0.283 e. The van der Waals surface area contributed by atoms with Gasteiger partial charge >= 0.3 is 0 Å². The molecule has 0 aliphatic carbocycles. The smallest absolute Gasteiger partial charge is 0.283 e. The minimum Gasteiger partial charge on any atom is -0.467 e. The lowest BCUT2D eigenvalue weighted by molar-refractivity contribution is -0.134. The van der Waals surface area contributed by atoms with Crippen molar-refractivity contribution in [2.75, 3.05) is 13.1 Å². The fraction of sp³-hybridized carbons (Fsp3) is 0.308. The molecule has 0 N–H and O–H groups in total. The molecule has 0 spiro atoms. The van der Waals surface area contributed by atoms with E-state index in [1.165, 1.54) is 5.56 Å². The average molecular weight is 474 g/mol. The fourth-order valence-corrected chi connectivity index (χ4v) is 4.17. The molecule has 35 heavy (non-hydrogen) atoms. The Labute approximate surface area is 203 Å². The van der Waals surface area contributed by atoms with Crippen molar-refractivity contribution in [2.24, 2.45) is 5.10 Å². The number of aryl methyl sites for hydroxylation is 1. The van der Waals surface area contributed by atoms with Crippen LogP contribution < -0.4 is 0 Å². The first-order valence-corrected chi connectivity index (χ1v) is 11.7. The molecule has 0 saturated carbocycles. The van der Waals surface area contributed by atoms with Gasteiger partial charge in [-0.05, 0) is 49.7 Å². The minimum absolute atomic E-state index is 0.118. The highest BCUT2D eigenvalue weighted by molar-refractivity contribution is 6.03. The molecule has 0 unspecified atom stereocenters. The molecule has 1 amide bonds. The molecule has 0 bridgehead atoms. The lowest BCUT2D eigenvalue weighted by Gasteiger charge is -2.24. The first kappa shape index (κ1) is 22.8. The second-order valence-corrected chi connectivity index (χ2v) is 8.58. The van der Waals surface area contributed by atoms with Crippen molar-refractivity contribution in [3.05, 3.63) is 83.8 Å². The monoisotopic (exact) mass is 473 g/mol. The predicted octanol–water partition coefficient (Wildman–Crippen LogP) is 4.82. The van der Waals surface area contributed by atoms with E-state index >= 15 is 0 Å². The zero-order valence-corrected chi connectivity index (χ0v) is 19.8. The third kappa shape index (κ3) is 5.09. The Morgan fingerprint density at radius 2 is 1.89 bits per heavy atom. The highest BCUT2D eigenvalue weighted by atomic mass is 16.4. The summed E-state index contributed by atoms with van der Waals surface area (Å²) in [4.78, 5) is 15.5. The molecule has 0 fully saturated rings. The molecule has 3 aromatic heterocycles. The summed E-state index contributed by atoms with van der Waals surface area (Å²) in [7, 11) is 0. The Hall–Kier alpha value is -3.98. The first-order chi connectivity index (χ1) is 17.1. The van der Waals surface area contributed by atoms with Gasteiger partial charge in [0.25, 0.3) is 11.8 Å². The average Bonchev–Trinajstić information content (AvgIpc) is 3.66. The number of amides is 1. The quantitative estimate of drug-likeness (QED) is 0.343. The van der Waals surface area contributed by atoms with Gasteiger partial charge in [0.2, 0.25) is 5.89 Å². The van der Waals surface area contributed by atoms with E-state index in [-0.39, 0.29) is 18.5 Å². The molecule has 4 heterocycles. The summed E-state index contributed by atoms with van der Waals surface area (Å²) in [5.41, 5.74) is 3.04. The zero-order valence-electron chi connectivity index (χ0n) is 19.8. The lowest BCUT2D eigenvalue weighted by Crippen LogP contribution is -2.38. The number of carbonyl (C=O) groups excluding carboxylic acids is 1. The highest BCUT2D eigenvalue weighted by Crippen LogP contribution is 2.33. The molecule has 4 aromatic rings. The predicted molar refractivity (Wildman–Crippen MR) is 128 cm³/mol. The van der Waals surface area contributed by atoms with E-state index in [2.05, 4.69) is 29.3 Å². The van der Waals surface area contributed by atoms with Gasteiger partial charge in [-0.1, -0.05) is 36.8 Å². The number of carbonyl (C=O) groups is 1. The molecule has 0 radical (unpaired) electrons. The van der Waals surface area contributed by atoms with Gasteiger partial charge in [-0.2, -0.15) is 5.10 Å². The van der Waals surface area contributed by atoms with Crippen LogP contribution >= 0.6 is 0 Å². The SMILES string of the molecule is CCCN(CC(=O)N1N=C(c2ccc(C)cc2)C[C@@H]1c1ccco1)Cc1nnc(-c2ccco2)o1. The molecule has 1 atom stereocenters. The summed E-state index contributed by atoms with van der Waals surface area (Å²) in [6.45, 7) is 5.31. The van der Waals surface area contributed by atoms with E-state index in [1.54, 1.807) is 29.7 Å². The molecular weight excluding hydrogens is 446 g/mol. The zero-order chi connectivity index (χ0) is 24.2. The highest BCUT2D eigenvalue weighted by Gasteiger charge is 2.35. The number of hydrazone groups is 1. The van der Waals surface area contributed by atoms with Crippen LogP contribution in [0.5, 0.6) is 0 Å². The Balaban J connectivity index is 1.34. The van der Waals surface area contributed by atoms with Gasteiger partial charge in [0.15, 0.2) is 5.76 Å². The fourth-order valence-electron chi connectivity index (χ4n) is 4.17. The molecule has 9 heteroatoms. The van der Waals surface area contributed by atoms with Gasteiger partial charge in [0, 0.05) is 6.42 Å². The van der Waals surface area contributed by atoms with Crippen LogP contribution in [-0.2, 0) is 11.3 Å². The van der Waals surface area contributed by atoms with Gasteiger partial charge in [-0.25, -0.2) is 5.01 Å². The lowest BCUT2D eigenvalue weighted by atomic mass is 10.0. The third-order valence-corrected chi connectivity index (χ3v) is 5.88.